The van der Waals surface area contributed by atoms with Crippen molar-refractivity contribution in [2.24, 2.45) is 0 Å². The molecular weight excluding hydrogens is 496 g/mol. The molecule has 0 saturated carbocycles. The van der Waals surface area contributed by atoms with Crippen molar-refractivity contribution >= 4 is 34.7 Å². The minimum Gasteiger partial charge on any atom is -0.490 e. The smallest absolute Gasteiger partial charge is 0.293 e. The summed E-state index contributed by atoms with van der Waals surface area (Å²) in [4.78, 5) is 37.5. The molecule has 1 fully saturated rings. The third-order valence-corrected chi connectivity index (χ3v) is 6.22. The number of nitro benzene ring substituents is 1. The molecule has 9 nitrogen and oxygen atoms in total. The van der Waals surface area contributed by atoms with E-state index in [9.17, 15) is 19.7 Å². The molecule has 3 aromatic rings. The summed E-state index contributed by atoms with van der Waals surface area (Å²) in [7, 11) is 0. The first-order chi connectivity index (χ1) is 18.0. The van der Waals surface area contributed by atoms with Gasteiger partial charge in [-0.3, -0.25) is 24.6 Å². The molecule has 4 rings (SSSR count). The van der Waals surface area contributed by atoms with Crippen LogP contribution >= 0.6 is 11.8 Å². The molecule has 0 unspecified atom stereocenters. The lowest BCUT2D eigenvalue weighted by molar-refractivity contribution is -0.385. The molecule has 1 heterocycles. The first kappa shape index (κ1) is 25.8. The average Bonchev–Trinajstić information content (AvgIpc) is 3.16. The lowest BCUT2D eigenvalue weighted by Crippen LogP contribution is -2.27. The van der Waals surface area contributed by atoms with Crippen molar-refractivity contribution in [3.63, 3.8) is 0 Å². The Labute approximate surface area is 217 Å². The molecule has 0 N–H and O–H groups in total. The Morgan fingerprint density at radius 3 is 2.41 bits per heavy atom. The van der Waals surface area contributed by atoms with Gasteiger partial charge in [-0.1, -0.05) is 42.5 Å². The highest BCUT2D eigenvalue weighted by atomic mass is 32.2. The lowest BCUT2D eigenvalue weighted by Gasteiger charge is -2.13. The Balaban J connectivity index is 1.44. The number of rotatable bonds is 11. The van der Waals surface area contributed by atoms with E-state index >= 15 is 0 Å². The van der Waals surface area contributed by atoms with E-state index < -0.39 is 16.1 Å². The molecule has 3 aromatic carbocycles. The molecule has 0 spiro atoms. The van der Waals surface area contributed by atoms with E-state index in [1.54, 1.807) is 30.3 Å². The Kier molecular flexibility index (Phi) is 8.42. The van der Waals surface area contributed by atoms with E-state index in [-0.39, 0.29) is 22.7 Å². The predicted octanol–water partition coefficient (Wildman–Crippen LogP) is 5.69. The van der Waals surface area contributed by atoms with Crippen LogP contribution in [0.2, 0.25) is 0 Å². The van der Waals surface area contributed by atoms with Gasteiger partial charge in [0.05, 0.1) is 23.0 Å². The van der Waals surface area contributed by atoms with Gasteiger partial charge in [0.2, 0.25) is 0 Å². The molecule has 1 aliphatic heterocycles. The molecule has 1 saturated heterocycles. The van der Waals surface area contributed by atoms with Crippen molar-refractivity contribution in [1.82, 2.24) is 4.90 Å². The summed E-state index contributed by atoms with van der Waals surface area (Å²) >= 11 is 0.788. The third-order valence-electron chi connectivity index (χ3n) is 5.31. The second-order valence-electron chi connectivity index (χ2n) is 7.80. The van der Waals surface area contributed by atoms with Crippen LogP contribution in [-0.2, 0) is 11.3 Å². The van der Waals surface area contributed by atoms with Crippen LogP contribution < -0.4 is 14.2 Å². The van der Waals surface area contributed by atoms with Crippen molar-refractivity contribution in [2.75, 3.05) is 19.8 Å². The van der Waals surface area contributed by atoms with Crippen molar-refractivity contribution in [3.8, 4) is 17.2 Å². The van der Waals surface area contributed by atoms with Crippen LogP contribution in [0, 0.1) is 10.1 Å². The Bertz CT molecular complexity index is 1330. The molecule has 2 amide bonds. The number of hydrogen-bond donors (Lipinski definition) is 0. The van der Waals surface area contributed by atoms with E-state index in [4.69, 9.17) is 14.2 Å². The van der Waals surface area contributed by atoms with Gasteiger partial charge in [-0.25, -0.2) is 0 Å². The lowest BCUT2D eigenvalue weighted by atomic mass is 10.1. The number of nitrogens with zero attached hydrogens (tertiary/aromatic N) is 2. The maximum atomic E-state index is 13.0. The minimum absolute atomic E-state index is 0.142. The fourth-order valence-corrected chi connectivity index (χ4v) is 4.45. The zero-order valence-corrected chi connectivity index (χ0v) is 20.8. The SMILES string of the molecule is CCOc1cc(/C=C2\SC(=O)N(Cc3ccccc3[N+](=O)[O-])C2=O)ccc1OCCOc1ccccc1. The van der Waals surface area contributed by atoms with Crippen molar-refractivity contribution in [3.05, 3.63) is 98.9 Å². The number of ether oxygens (including phenoxy) is 3. The van der Waals surface area contributed by atoms with Crippen LogP contribution in [0.25, 0.3) is 6.08 Å². The predicted molar refractivity (Wildman–Crippen MR) is 140 cm³/mol. The van der Waals surface area contributed by atoms with Crippen LogP contribution in [0.1, 0.15) is 18.1 Å². The normalized spacial score (nSPS) is 14.2. The molecule has 37 heavy (non-hydrogen) atoms. The molecule has 190 valence electrons. The monoisotopic (exact) mass is 520 g/mol. The van der Waals surface area contributed by atoms with Crippen molar-refractivity contribution in [1.29, 1.82) is 0 Å². The van der Waals surface area contributed by atoms with Gasteiger partial charge < -0.3 is 14.2 Å². The molecule has 0 aromatic heterocycles. The number of hydrogen-bond acceptors (Lipinski definition) is 8. The summed E-state index contributed by atoms with van der Waals surface area (Å²) < 4.78 is 17.2. The van der Waals surface area contributed by atoms with Gasteiger partial charge in [0.25, 0.3) is 16.8 Å². The Morgan fingerprint density at radius 2 is 1.65 bits per heavy atom. The maximum absolute atomic E-state index is 13.0. The summed E-state index contributed by atoms with van der Waals surface area (Å²) in [5, 5.41) is 10.8. The van der Waals surface area contributed by atoms with Gasteiger partial charge in [-0.2, -0.15) is 0 Å². The zero-order chi connectivity index (χ0) is 26.2. The number of para-hydroxylation sites is 2. The van der Waals surface area contributed by atoms with Crippen LogP contribution in [0.15, 0.2) is 77.7 Å². The van der Waals surface area contributed by atoms with Gasteiger partial charge in [-0.15, -0.1) is 0 Å². The molecule has 1 aliphatic rings. The molecule has 0 atom stereocenters. The van der Waals surface area contributed by atoms with E-state index in [1.165, 1.54) is 18.2 Å². The van der Waals surface area contributed by atoms with Crippen LogP contribution in [0.4, 0.5) is 10.5 Å². The Hall–Kier alpha value is -4.31. The van der Waals surface area contributed by atoms with E-state index in [1.807, 2.05) is 37.3 Å². The van der Waals surface area contributed by atoms with Crippen LogP contribution in [0.5, 0.6) is 17.2 Å². The average molecular weight is 521 g/mol. The second-order valence-corrected chi connectivity index (χ2v) is 8.80. The van der Waals surface area contributed by atoms with Gasteiger partial charge >= 0.3 is 0 Å². The number of amides is 2. The fraction of sp³-hybridized carbons (Fsp3) is 0.185. The standard InChI is InChI=1S/C27H24N2O7S/c1-2-34-24-16-19(12-13-23(24)36-15-14-35-21-9-4-3-5-10-21)17-25-26(30)28(27(31)37-25)18-20-8-6-7-11-22(20)29(32)33/h3-13,16-17H,2,14-15,18H2,1H3/b25-17-. The molecule has 0 radical (unpaired) electrons. The van der Waals surface area contributed by atoms with Gasteiger partial charge in [-0.05, 0) is 54.6 Å². The van der Waals surface area contributed by atoms with Crippen LogP contribution in [0.3, 0.4) is 0 Å². The number of benzene rings is 3. The highest BCUT2D eigenvalue weighted by molar-refractivity contribution is 8.18. The number of imide groups is 1. The van der Waals surface area contributed by atoms with Gasteiger partial charge in [0.15, 0.2) is 11.5 Å². The molecule has 0 aliphatic carbocycles. The van der Waals surface area contributed by atoms with E-state index in [0.717, 1.165) is 22.4 Å². The quantitative estimate of drug-likeness (QED) is 0.137. The van der Waals surface area contributed by atoms with Crippen molar-refractivity contribution in [2.45, 2.75) is 13.5 Å². The van der Waals surface area contributed by atoms with E-state index in [0.29, 0.717) is 36.9 Å². The molecular formula is C27H24N2O7S. The summed E-state index contributed by atoms with van der Waals surface area (Å²) in [6.45, 7) is 2.74. The third kappa shape index (κ3) is 6.47. The topological polar surface area (TPSA) is 108 Å². The zero-order valence-electron chi connectivity index (χ0n) is 20.0. The summed E-state index contributed by atoms with van der Waals surface area (Å²) in [6, 6.07) is 20.7. The highest BCUT2D eigenvalue weighted by Crippen LogP contribution is 2.36. The minimum atomic E-state index is -0.531. The fourth-order valence-electron chi connectivity index (χ4n) is 3.61. The number of carbonyl (C=O) groups is 2. The number of nitro groups is 1. The highest BCUT2D eigenvalue weighted by Gasteiger charge is 2.36. The van der Waals surface area contributed by atoms with Gasteiger partial charge in [0, 0.05) is 11.6 Å². The van der Waals surface area contributed by atoms with Gasteiger partial charge in [0.1, 0.15) is 19.0 Å². The van der Waals surface area contributed by atoms with E-state index in [2.05, 4.69) is 0 Å². The summed E-state index contributed by atoms with van der Waals surface area (Å²) in [6.07, 6.45) is 1.59. The Morgan fingerprint density at radius 1 is 0.919 bits per heavy atom. The summed E-state index contributed by atoms with van der Waals surface area (Å²) in [5.41, 5.74) is 0.789. The number of carbonyl (C=O) groups excluding carboxylic acids is 2. The number of thioether (sulfide) groups is 1. The summed E-state index contributed by atoms with van der Waals surface area (Å²) in [5.74, 6) is 1.27. The largest absolute Gasteiger partial charge is 0.490 e. The molecule has 0 bridgehead atoms. The molecule has 10 heteroatoms. The maximum Gasteiger partial charge on any atom is 0.293 e. The van der Waals surface area contributed by atoms with Crippen LogP contribution in [-0.4, -0.2) is 40.8 Å². The first-order valence-electron chi connectivity index (χ1n) is 11.5. The van der Waals surface area contributed by atoms with Crippen molar-refractivity contribution < 1.29 is 28.7 Å². The first-order valence-corrected chi connectivity index (χ1v) is 12.3. The second kappa shape index (κ2) is 12.1.